The number of hydrogen-bond acceptors (Lipinski definition) is 4. The summed E-state index contributed by atoms with van der Waals surface area (Å²) in [6.07, 6.45) is 2.22. The Balaban J connectivity index is 2.27. The molecule has 1 saturated heterocycles. The average molecular weight is 200 g/mol. The smallest absolute Gasteiger partial charge is 0.322 e. The second-order valence-corrected chi connectivity index (χ2v) is 3.99. The summed E-state index contributed by atoms with van der Waals surface area (Å²) in [4.78, 5) is 13.5. The number of carbonyl (C=O) groups excluding carboxylic acids is 1. The fourth-order valence-corrected chi connectivity index (χ4v) is 1.77. The molecule has 0 bridgehead atoms. The van der Waals surface area contributed by atoms with Crippen LogP contribution in [0.4, 0.5) is 0 Å². The number of methoxy groups -OCH3 is 1. The summed E-state index contributed by atoms with van der Waals surface area (Å²) in [5, 5.41) is 3.29. The molecule has 1 atom stereocenters. The first-order valence-corrected chi connectivity index (χ1v) is 5.16. The van der Waals surface area contributed by atoms with Crippen molar-refractivity contribution in [3.8, 4) is 0 Å². The van der Waals surface area contributed by atoms with Crippen LogP contribution in [0.5, 0.6) is 0 Å². The normalized spacial score (nSPS) is 21.9. The third kappa shape index (κ3) is 3.27. The van der Waals surface area contributed by atoms with Gasteiger partial charge in [-0.3, -0.25) is 4.79 Å². The van der Waals surface area contributed by atoms with E-state index in [0.29, 0.717) is 6.04 Å². The minimum Gasteiger partial charge on any atom is -0.468 e. The molecule has 4 nitrogen and oxygen atoms in total. The molecule has 0 aromatic carbocycles. The Morgan fingerprint density at radius 3 is 2.57 bits per heavy atom. The van der Waals surface area contributed by atoms with Gasteiger partial charge in [0.05, 0.1) is 7.11 Å². The highest BCUT2D eigenvalue weighted by molar-refractivity contribution is 5.75. The standard InChI is InChI=1S/C10H20N2O2/c1-8(10(13)14-3)11-9-4-6-12(2)7-5-9/h8-9,11H,4-7H2,1-3H3. The number of rotatable bonds is 3. The van der Waals surface area contributed by atoms with Crippen molar-refractivity contribution in [2.24, 2.45) is 0 Å². The Labute approximate surface area is 85.6 Å². The summed E-state index contributed by atoms with van der Waals surface area (Å²) in [6, 6.07) is 0.272. The van der Waals surface area contributed by atoms with Gasteiger partial charge >= 0.3 is 5.97 Å². The van der Waals surface area contributed by atoms with Crippen LogP contribution in [-0.2, 0) is 9.53 Å². The van der Waals surface area contributed by atoms with Crippen molar-refractivity contribution in [3.63, 3.8) is 0 Å². The molecule has 1 aliphatic heterocycles. The van der Waals surface area contributed by atoms with Gasteiger partial charge in [0.2, 0.25) is 0 Å². The lowest BCUT2D eigenvalue weighted by Crippen LogP contribution is -2.47. The first-order valence-electron chi connectivity index (χ1n) is 5.16. The van der Waals surface area contributed by atoms with Gasteiger partial charge in [-0.05, 0) is 39.9 Å². The Bertz CT molecular complexity index is 189. The van der Waals surface area contributed by atoms with Crippen molar-refractivity contribution in [2.75, 3.05) is 27.2 Å². The van der Waals surface area contributed by atoms with Crippen LogP contribution < -0.4 is 5.32 Å². The maximum Gasteiger partial charge on any atom is 0.322 e. The van der Waals surface area contributed by atoms with Gasteiger partial charge < -0.3 is 15.0 Å². The van der Waals surface area contributed by atoms with Gasteiger partial charge in [0.25, 0.3) is 0 Å². The minimum atomic E-state index is -0.187. The summed E-state index contributed by atoms with van der Waals surface area (Å²) >= 11 is 0. The van der Waals surface area contributed by atoms with Crippen molar-refractivity contribution < 1.29 is 9.53 Å². The quantitative estimate of drug-likeness (QED) is 0.662. The average Bonchev–Trinajstić information content (AvgIpc) is 2.20. The number of carbonyl (C=O) groups is 1. The molecule has 1 heterocycles. The second kappa shape index (κ2) is 5.32. The van der Waals surface area contributed by atoms with Crippen LogP contribution in [0.1, 0.15) is 19.8 Å². The molecule has 4 heteroatoms. The molecule has 1 rings (SSSR count). The molecular formula is C10H20N2O2. The number of nitrogens with one attached hydrogen (secondary N) is 1. The van der Waals surface area contributed by atoms with Gasteiger partial charge in [-0.1, -0.05) is 0 Å². The number of nitrogens with zero attached hydrogens (tertiary/aromatic N) is 1. The maximum atomic E-state index is 11.2. The van der Waals surface area contributed by atoms with Gasteiger partial charge in [0, 0.05) is 6.04 Å². The molecule has 0 aliphatic carbocycles. The summed E-state index contributed by atoms with van der Waals surface area (Å²) in [5.41, 5.74) is 0. The molecular weight excluding hydrogens is 180 g/mol. The lowest BCUT2D eigenvalue weighted by Gasteiger charge is -2.30. The molecule has 1 unspecified atom stereocenters. The largest absolute Gasteiger partial charge is 0.468 e. The third-order valence-electron chi connectivity index (χ3n) is 2.76. The molecule has 0 aromatic heterocycles. The zero-order valence-electron chi connectivity index (χ0n) is 9.25. The number of ether oxygens (including phenoxy) is 1. The van der Waals surface area contributed by atoms with Crippen LogP contribution in [0, 0.1) is 0 Å². The molecule has 0 spiro atoms. The highest BCUT2D eigenvalue weighted by Crippen LogP contribution is 2.08. The predicted octanol–water partition coefficient (Wildman–Crippen LogP) is 0.232. The van der Waals surface area contributed by atoms with Crippen LogP contribution in [0.25, 0.3) is 0 Å². The van der Waals surface area contributed by atoms with Gasteiger partial charge in [0.1, 0.15) is 6.04 Å². The monoisotopic (exact) mass is 200 g/mol. The Morgan fingerprint density at radius 1 is 1.50 bits per heavy atom. The van der Waals surface area contributed by atoms with Crippen LogP contribution >= 0.6 is 0 Å². The first kappa shape index (κ1) is 11.5. The molecule has 0 radical (unpaired) electrons. The molecule has 0 amide bonds. The highest BCUT2D eigenvalue weighted by Gasteiger charge is 2.21. The highest BCUT2D eigenvalue weighted by atomic mass is 16.5. The molecule has 14 heavy (non-hydrogen) atoms. The molecule has 1 fully saturated rings. The lowest BCUT2D eigenvalue weighted by molar-refractivity contribution is -0.142. The molecule has 82 valence electrons. The summed E-state index contributed by atoms with van der Waals surface area (Å²) in [5.74, 6) is -0.177. The van der Waals surface area contributed by atoms with E-state index in [0.717, 1.165) is 25.9 Å². The topological polar surface area (TPSA) is 41.6 Å². The van der Waals surface area contributed by atoms with Crippen LogP contribution in [0.15, 0.2) is 0 Å². The molecule has 0 aromatic rings. The predicted molar refractivity (Wildman–Crippen MR) is 55.1 cm³/mol. The van der Waals surface area contributed by atoms with Crippen LogP contribution in [0.2, 0.25) is 0 Å². The van der Waals surface area contributed by atoms with E-state index in [-0.39, 0.29) is 12.0 Å². The maximum absolute atomic E-state index is 11.2. The van der Waals surface area contributed by atoms with Crippen LogP contribution in [-0.4, -0.2) is 50.2 Å². The summed E-state index contributed by atoms with van der Waals surface area (Å²) in [6.45, 7) is 4.06. The van der Waals surface area contributed by atoms with Crippen molar-refractivity contribution in [1.29, 1.82) is 0 Å². The van der Waals surface area contributed by atoms with E-state index in [1.54, 1.807) is 0 Å². The van der Waals surface area contributed by atoms with Crippen LogP contribution in [0.3, 0.4) is 0 Å². The van der Waals surface area contributed by atoms with Gasteiger partial charge in [-0.2, -0.15) is 0 Å². The first-order chi connectivity index (χ1) is 6.63. The Hall–Kier alpha value is -0.610. The lowest BCUT2D eigenvalue weighted by atomic mass is 10.0. The van der Waals surface area contributed by atoms with E-state index in [1.807, 2.05) is 6.92 Å². The summed E-state index contributed by atoms with van der Waals surface area (Å²) < 4.78 is 4.66. The van der Waals surface area contributed by atoms with E-state index in [4.69, 9.17) is 0 Å². The minimum absolute atomic E-state index is 0.177. The number of likely N-dealkylation sites (tertiary alicyclic amines) is 1. The molecule has 1 aliphatic rings. The number of esters is 1. The van der Waals surface area contributed by atoms with Crippen molar-refractivity contribution in [3.05, 3.63) is 0 Å². The zero-order chi connectivity index (χ0) is 10.6. The third-order valence-corrected chi connectivity index (χ3v) is 2.76. The van der Waals surface area contributed by atoms with E-state index >= 15 is 0 Å². The summed E-state index contributed by atoms with van der Waals surface area (Å²) in [7, 11) is 3.55. The van der Waals surface area contributed by atoms with Crippen molar-refractivity contribution in [1.82, 2.24) is 10.2 Å². The van der Waals surface area contributed by atoms with Gasteiger partial charge in [-0.15, -0.1) is 0 Å². The Morgan fingerprint density at radius 2 is 2.07 bits per heavy atom. The van der Waals surface area contributed by atoms with E-state index in [2.05, 4.69) is 22.0 Å². The van der Waals surface area contributed by atoms with Gasteiger partial charge in [-0.25, -0.2) is 0 Å². The number of hydrogen-bond donors (Lipinski definition) is 1. The fourth-order valence-electron chi connectivity index (χ4n) is 1.77. The molecule has 0 saturated carbocycles. The van der Waals surface area contributed by atoms with Gasteiger partial charge in [0.15, 0.2) is 0 Å². The molecule has 1 N–H and O–H groups in total. The SMILES string of the molecule is COC(=O)C(C)NC1CCN(C)CC1. The van der Waals surface area contributed by atoms with Crippen molar-refractivity contribution >= 4 is 5.97 Å². The Kier molecular flexibility index (Phi) is 4.35. The van der Waals surface area contributed by atoms with E-state index in [1.165, 1.54) is 7.11 Å². The second-order valence-electron chi connectivity index (χ2n) is 3.99. The van der Waals surface area contributed by atoms with E-state index in [9.17, 15) is 4.79 Å². The number of piperidine rings is 1. The van der Waals surface area contributed by atoms with E-state index < -0.39 is 0 Å². The fraction of sp³-hybridized carbons (Fsp3) is 0.900. The zero-order valence-corrected chi connectivity index (χ0v) is 9.25. The van der Waals surface area contributed by atoms with Crippen molar-refractivity contribution in [2.45, 2.75) is 31.8 Å².